The van der Waals surface area contributed by atoms with Gasteiger partial charge in [0.15, 0.2) is 0 Å². The lowest BCUT2D eigenvalue weighted by atomic mass is 9.97. The van der Waals surface area contributed by atoms with Crippen molar-refractivity contribution in [2.24, 2.45) is 0 Å². The molecule has 8 nitrogen and oxygen atoms in total. The number of anilines is 1. The molecule has 0 saturated heterocycles. The normalized spacial score (nSPS) is 14.5. The van der Waals surface area contributed by atoms with Gasteiger partial charge in [0.1, 0.15) is 16.9 Å². The van der Waals surface area contributed by atoms with E-state index in [-0.39, 0.29) is 18.2 Å². The van der Waals surface area contributed by atoms with Crippen molar-refractivity contribution in [3.8, 4) is 16.9 Å². The predicted molar refractivity (Wildman–Crippen MR) is 169 cm³/mol. The number of carbonyl (C=O) groups excluding carboxylic acids is 1. The van der Waals surface area contributed by atoms with Gasteiger partial charge in [-0.3, -0.25) is 0 Å². The minimum absolute atomic E-state index is 0.0422. The zero-order valence-electron chi connectivity index (χ0n) is 25.0. The van der Waals surface area contributed by atoms with E-state index in [4.69, 9.17) is 21.1 Å². The Hall–Kier alpha value is -3.75. The molecular formula is C34H41ClN2O6. The molecule has 1 aliphatic carbocycles. The number of nitrogens with zero attached hydrogens (tertiary/aromatic N) is 1. The molecule has 0 unspecified atom stereocenters. The summed E-state index contributed by atoms with van der Waals surface area (Å²) < 4.78 is 11.7. The first kappa shape index (κ1) is 32.2. The summed E-state index contributed by atoms with van der Waals surface area (Å²) in [5, 5.41) is 24.3. The lowest BCUT2D eigenvalue weighted by molar-refractivity contribution is 0.0153. The molecule has 3 N–H and O–H groups in total. The summed E-state index contributed by atoms with van der Waals surface area (Å²) in [7, 11) is 0. The number of nitrogens with one attached hydrogen (secondary N) is 1. The molecule has 0 heterocycles. The van der Waals surface area contributed by atoms with Gasteiger partial charge in [-0.15, -0.1) is 0 Å². The maximum Gasteiger partial charge on any atom is 0.410 e. The molecule has 0 aromatic heterocycles. The van der Waals surface area contributed by atoms with E-state index < -0.39 is 23.8 Å². The summed E-state index contributed by atoms with van der Waals surface area (Å²) in [4.78, 5) is 26.2. The molecule has 230 valence electrons. The molecule has 1 aliphatic rings. The second kappa shape index (κ2) is 14.6. The van der Waals surface area contributed by atoms with Crippen molar-refractivity contribution in [3.63, 3.8) is 0 Å². The number of carbonyl (C=O) groups is 2. The molecule has 1 fully saturated rings. The molecule has 0 aliphatic heterocycles. The predicted octanol–water partition coefficient (Wildman–Crippen LogP) is 7.80. The number of aliphatic hydroxyl groups is 1. The number of amides is 1. The van der Waals surface area contributed by atoms with Crippen LogP contribution in [-0.4, -0.2) is 58.5 Å². The summed E-state index contributed by atoms with van der Waals surface area (Å²) >= 11 is 6.09. The van der Waals surface area contributed by atoms with Gasteiger partial charge in [0, 0.05) is 23.8 Å². The van der Waals surface area contributed by atoms with E-state index in [1.165, 1.54) is 11.3 Å². The third-order valence-corrected chi connectivity index (χ3v) is 7.50. The first-order valence-electron chi connectivity index (χ1n) is 14.8. The Kier molecular flexibility index (Phi) is 10.9. The Balaban J connectivity index is 1.40. The molecular weight excluding hydrogens is 568 g/mol. The van der Waals surface area contributed by atoms with Gasteiger partial charge in [-0.2, -0.15) is 0 Å². The van der Waals surface area contributed by atoms with Gasteiger partial charge >= 0.3 is 12.1 Å². The van der Waals surface area contributed by atoms with E-state index in [2.05, 4.69) is 5.32 Å². The smallest absolute Gasteiger partial charge is 0.410 e. The lowest BCUT2D eigenvalue weighted by Crippen LogP contribution is -2.41. The first-order valence-corrected chi connectivity index (χ1v) is 15.2. The van der Waals surface area contributed by atoms with Crippen molar-refractivity contribution in [1.82, 2.24) is 4.90 Å². The van der Waals surface area contributed by atoms with Crippen molar-refractivity contribution < 1.29 is 29.3 Å². The molecule has 3 aromatic carbocycles. The van der Waals surface area contributed by atoms with Crippen LogP contribution in [0.2, 0.25) is 5.02 Å². The lowest BCUT2D eigenvalue weighted by Gasteiger charge is -2.29. The molecule has 4 rings (SSSR count). The van der Waals surface area contributed by atoms with Crippen molar-refractivity contribution in [1.29, 1.82) is 0 Å². The third-order valence-electron chi connectivity index (χ3n) is 7.27. The van der Waals surface area contributed by atoms with Crippen LogP contribution in [0, 0.1) is 0 Å². The summed E-state index contributed by atoms with van der Waals surface area (Å²) in [5.41, 5.74) is 2.76. The molecule has 3 aromatic rings. The summed E-state index contributed by atoms with van der Waals surface area (Å²) in [6, 6.07) is 19.9. The van der Waals surface area contributed by atoms with Gasteiger partial charge in [-0.1, -0.05) is 48.4 Å². The summed E-state index contributed by atoms with van der Waals surface area (Å²) in [6.07, 6.45) is 3.87. The molecule has 9 heteroatoms. The van der Waals surface area contributed by atoms with E-state index in [1.807, 2.05) is 30.3 Å². The number of halogens is 1. The number of ether oxygens (including phenoxy) is 2. The SMILES string of the molecule is CC(C)(C)OC(=O)N(CCNc1ccc(-c2ccc(C(=O)O)c(OC3CCCCC3)c2)cc1)C[C@H](O)c1cccc(Cl)c1. The second-order valence-electron chi connectivity index (χ2n) is 11.9. The fourth-order valence-electron chi connectivity index (χ4n) is 5.07. The first-order chi connectivity index (χ1) is 20.5. The zero-order chi connectivity index (χ0) is 31.0. The second-order valence-corrected chi connectivity index (χ2v) is 12.3. The minimum Gasteiger partial charge on any atom is -0.490 e. The standard InChI is InChI=1S/C34H41ClN2O6/c1-34(2,3)43-33(41)37(22-30(38)25-8-7-9-26(35)20-25)19-18-36-27-15-12-23(13-16-27)24-14-17-29(32(39)40)31(21-24)42-28-10-5-4-6-11-28/h7-9,12-17,20-21,28,30,36,38H,4-6,10-11,18-19,22H2,1-3H3,(H,39,40)/t30-/m0/s1. The van der Waals surface area contributed by atoms with Crippen LogP contribution >= 0.6 is 11.6 Å². The third kappa shape index (κ3) is 9.63. The number of aromatic carboxylic acids is 1. The molecule has 0 spiro atoms. The zero-order valence-corrected chi connectivity index (χ0v) is 25.8. The van der Waals surface area contributed by atoms with Gasteiger partial charge < -0.3 is 29.9 Å². The van der Waals surface area contributed by atoms with E-state index in [1.54, 1.807) is 57.2 Å². The van der Waals surface area contributed by atoms with Crippen LogP contribution in [0.25, 0.3) is 11.1 Å². The molecule has 43 heavy (non-hydrogen) atoms. The van der Waals surface area contributed by atoms with Crippen LogP contribution in [-0.2, 0) is 4.74 Å². The van der Waals surface area contributed by atoms with Crippen LogP contribution in [0.15, 0.2) is 66.7 Å². The highest BCUT2D eigenvalue weighted by Gasteiger charge is 2.25. The number of carboxylic acid groups (broad SMARTS) is 1. The molecule has 0 bridgehead atoms. The molecule has 1 amide bonds. The van der Waals surface area contributed by atoms with E-state index in [9.17, 15) is 19.8 Å². The highest BCUT2D eigenvalue weighted by Crippen LogP contribution is 2.31. The van der Waals surface area contributed by atoms with E-state index >= 15 is 0 Å². The average Bonchev–Trinajstić information content (AvgIpc) is 2.96. The Morgan fingerprint density at radius 1 is 1.00 bits per heavy atom. The Bertz CT molecular complexity index is 1380. The Labute approximate surface area is 258 Å². The van der Waals surface area contributed by atoms with Crippen molar-refractivity contribution >= 4 is 29.4 Å². The number of carboxylic acids is 1. The minimum atomic E-state index is -1.00. The largest absolute Gasteiger partial charge is 0.490 e. The Morgan fingerprint density at radius 3 is 2.35 bits per heavy atom. The Morgan fingerprint density at radius 2 is 1.70 bits per heavy atom. The molecule has 1 saturated carbocycles. The van der Waals surface area contributed by atoms with Crippen molar-refractivity contribution in [3.05, 3.63) is 82.9 Å². The number of hydrogen-bond acceptors (Lipinski definition) is 6. The topological polar surface area (TPSA) is 108 Å². The van der Waals surface area contributed by atoms with Crippen LogP contribution in [0.4, 0.5) is 10.5 Å². The van der Waals surface area contributed by atoms with Crippen LogP contribution in [0.3, 0.4) is 0 Å². The highest BCUT2D eigenvalue weighted by molar-refractivity contribution is 6.30. The fourth-order valence-corrected chi connectivity index (χ4v) is 5.26. The van der Waals surface area contributed by atoms with E-state index in [0.29, 0.717) is 29.4 Å². The van der Waals surface area contributed by atoms with Crippen molar-refractivity contribution in [2.45, 2.75) is 70.7 Å². The van der Waals surface area contributed by atoms with Gasteiger partial charge in [0.25, 0.3) is 0 Å². The molecule has 0 radical (unpaired) electrons. The van der Waals surface area contributed by atoms with Gasteiger partial charge in [0.2, 0.25) is 0 Å². The molecule has 1 atom stereocenters. The quantitative estimate of drug-likeness (QED) is 0.204. The van der Waals surface area contributed by atoms with E-state index in [0.717, 1.165) is 42.5 Å². The van der Waals surface area contributed by atoms with Crippen molar-refractivity contribution in [2.75, 3.05) is 25.0 Å². The number of aliphatic hydroxyl groups excluding tert-OH is 1. The maximum atomic E-state index is 12.9. The van der Waals surface area contributed by atoms with Crippen LogP contribution < -0.4 is 10.1 Å². The fraction of sp³-hybridized carbons (Fsp3) is 0.412. The maximum absolute atomic E-state index is 12.9. The highest BCUT2D eigenvalue weighted by atomic mass is 35.5. The van der Waals surface area contributed by atoms with Gasteiger partial charge in [-0.25, -0.2) is 9.59 Å². The number of hydrogen-bond donors (Lipinski definition) is 3. The summed E-state index contributed by atoms with van der Waals surface area (Å²) in [5.74, 6) is -0.598. The van der Waals surface area contributed by atoms with Gasteiger partial charge in [0.05, 0.1) is 18.8 Å². The number of benzene rings is 3. The van der Waals surface area contributed by atoms with Gasteiger partial charge in [-0.05, 0) is 99.5 Å². The van der Waals surface area contributed by atoms with Crippen LogP contribution in [0.1, 0.15) is 74.9 Å². The van der Waals surface area contributed by atoms with Crippen LogP contribution in [0.5, 0.6) is 5.75 Å². The monoisotopic (exact) mass is 608 g/mol. The summed E-state index contributed by atoms with van der Waals surface area (Å²) in [6.45, 7) is 6.18. The number of rotatable bonds is 11. The average molecular weight is 609 g/mol.